The molecule has 1 aliphatic rings. The molecular weight excluding hydrogens is 248 g/mol. The molecule has 18 heavy (non-hydrogen) atoms. The van der Waals surface area contributed by atoms with E-state index in [4.69, 9.17) is 0 Å². The predicted molar refractivity (Wildman–Crippen MR) is 71.3 cm³/mol. The Labute approximate surface area is 111 Å². The highest BCUT2D eigenvalue weighted by molar-refractivity contribution is 7.10. The van der Waals surface area contributed by atoms with Crippen LogP contribution in [0, 0.1) is 0 Å². The molecule has 2 heterocycles. The molecule has 2 unspecified atom stereocenters. The minimum atomic E-state index is -0.442. The second kappa shape index (κ2) is 5.52. The van der Waals surface area contributed by atoms with E-state index in [9.17, 15) is 9.59 Å². The van der Waals surface area contributed by atoms with Crippen LogP contribution < -0.4 is 5.32 Å². The average molecular weight is 266 g/mol. The van der Waals surface area contributed by atoms with E-state index in [1.54, 1.807) is 18.3 Å². The average Bonchev–Trinajstić information content (AvgIpc) is 2.97. The van der Waals surface area contributed by atoms with Gasteiger partial charge in [-0.05, 0) is 31.2 Å². The third-order valence-electron chi connectivity index (χ3n) is 3.20. The second-order valence-corrected chi connectivity index (χ2v) is 5.61. The van der Waals surface area contributed by atoms with Crippen LogP contribution in [-0.2, 0) is 9.59 Å². The Bertz CT molecular complexity index is 430. The number of thiophene rings is 1. The molecule has 0 aromatic carbocycles. The third kappa shape index (κ3) is 2.72. The predicted octanol–water partition coefficient (Wildman–Crippen LogP) is 1.94. The first kappa shape index (κ1) is 13.1. The lowest BCUT2D eigenvalue weighted by atomic mass is 10.1. The first-order chi connectivity index (χ1) is 8.59. The van der Waals surface area contributed by atoms with Crippen molar-refractivity contribution in [2.24, 2.45) is 0 Å². The zero-order chi connectivity index (χ0) is 13.1. The maximum atomic E-state index is 12.3. The van der Waals surface area contributed by atoms with Gasteiger partial charge in [-0.3, -0.25) is 9.59 Å². The fraction of sp³-hybridized carbons (Fsp3) is 0.538. The number of rotatable bonds is 3. The van der Waals surface area contributed by atoms with Gasteiger partial charge >= 0.3 is 0 Å². The molecule has 1 fully saturated rings. The second-order valence-electron chi connectivity index (χ2n) is 4.63. The van der Waals surface area contributed by atoms with Gasteiger partial charge in [0.15, 0.2) is 0 Å². The lowest BCUT2D eigenvalue weighted by Crippen LogP contribution is -2.45. The molecule has 4 nitrogen and oxygen atoms in total. The summed E-state index contributed by atoms with van der Waals surface area (Å²) in [6, 6.07) is 3.83. The number of likely N-dealkylation sites (tertiary alicyclic amines) is 1. The third-order valence-corrected chi connectivity index (χ3v) is 4.17. The zero-order valence-corrected chi connectivity index (χ0v) is 11.5. The molecule has 0 bridgehead atoms. The molecule has 1 aromatic rings. The van der Waals surface area contributed by atoms with E-state index >= 15 is 0 Å². The molecule has 1 saturated heterocycles. The van der Waals surface area contributed by atoms with Crippen LogP contribution in [-0.4, -0.2) is 29.3 Å². The first-order valence-corrected chi connectivity index (χ1v) is 7.08. The Hall–Kier alpha value is -1.36. The number of carbonyl (C=O) groups is 2. The molecule has 2 rings (SSSR count). The molecule has 5 heteroatoms. The van der Waals surface area contributed by atoms with Crippen LogP contribution in [0.25, 0.3) is 0 Å². The number of amides is 2. The Morgan fingerprint density at radius 3 is 2.94 bits per heavy atom. The Morgan fingerprint density at radius 1 is 1.56 bits per heavy atom. The van der Waals surface area contributed by atoms with Crippen LogP contribution in [0.5, 0.6) is 0 Å². The van der Waals surface area contributed by atoms with Crippen LogP contribution in [0.15, 0.2) is 17.5 Å². The molecule has 2 atom stereocenters. The van der Waals surface area contributed by atoms with E-state index in [1.807, 2.05) is 16.3 Å². The van der Waals surface area contributed by atoms with Crippen molar-refractivity contribution in [2.45, 2.75) is 38.8 Å². The van der Waals surface area contributed by atoms with Gasteiger partial charge in [-0.1, -0.05) is 6.07 Å². The van der Waals surface area contributed by atoms with Crippen LogP contribution in [0.3, 0.4) is 0 Å². The zero-order valence-electron chi connectivity index (χ0n) is 10.7. The highest BCUT2D eigenvalue weighted by Gasteiger charge is 2.32. The fourth-order valence-corrected chi connectivity index (χ4v) is 3.30. The van der Waals surface area contributed by atoms with E-state index in [0.29, 0.717) is 0 Å². The van der Waals surface area contributed by atoms with Gasteiger partial charge < -0.3 is 10.2 Å². The lowest BCUT2D eigenvalue weighted by molar-refractivity contribution is -0.136. The molecule has 0 spiro atoms. The van der Waals surface area contributed by atoms with Crippen molar-refractivity contribution in [3.05, 3.63) is 22.4 Å². The standard InChI is InChI=1S/C13H18N2O2S/c1-9(14-10(2)16)13(17)15-7-3-5-11(15)12-6-4-8-18-12/h4,6,8-9,11H,3,5,7H2,1-2H3,(H,14,16). The number of carbonyl (C=O) groups excluding carboxylic acids is 2. The minimum absolute atomic E-state index is 0.0149. The molecule has 1 aliphatic heterocycles. The Kier molecular flexibility index (Phi) is 4.01. The van der Waals surface area contributed by atoms with Gasteiger partial charge in [0.25, 0.3) is 0 Å². The van der Waals surface area contributed by atoms with Crippen LogP contribution in [0.1, 0.15) is 37.6 Å². The number of nitrogens with one attached hydrogen (secondary N) is 1. The first-order valence-electron chi connectivity index (χ1n) is 6.20. The number of nitrogens with zero attached hydrogens (tertiary/aromatic N) is 1. The smallest absolute Gasteiger partial charge is 0.245 e. The van der Waals surface area contributed by atoms with Gasteiger partial charge in [-0.25, -0.2) is 0 Å². The minimum Gasteiger partial charge on any atom is -0.345 e. The lowest BCUT2D eigenvalue weighted by Gasteiger charge is -2.27. The van der Waals surface area contributed by atoms with Gasteiger partial charge in [0, 0.05) is 18.3 Å². The van der Waals surface area contributed by atoms with E-state index < -0.39 is 6.04 Å². The summed E-state index contributed by atoms with van der Waals surface area (Å²) < 4.78 is 0. The van der Waals surface area contributed by atoms with Crippen molar-refractivity contribution in [3.8, 4) is 0 Å². The molecule has 2 amide bonds. The van der Waals surface area contributed by atoms with Crippen molar-refractivity contribution in [1.29, 1.82) is 0 Å². The van der Waals surface area contributed by atoms with Gasteiger partial charge in [0.2, 0.25) is 11.8 Å². The largest absolute Gasteiger partial charge is 0.345 e. The summed E-state index contributed by atoms with van der Waals surface area (Å²) in [7, 11) is 0. The van der Waals surface area contributed by atoms with Crippen LogP contribution >= 0.6 is 11.3 Å². The van der Waals surface area contributed by atoms with Gasteiger partial charge in [-0.15, -0.1) is 11.3 Å². The monoisotopic (exact) mass is 266 g/mol. The van der Waals surface area contributed by atoms with Gasteiger partial charge in [0.1, 0.15) is 6.04 Å². The van der Waals surface area contributed by atoms with E-state index in [0.717, 1.165) is 19.4 Å². The van der Waals surface area contributed by atoms with E-state index in [1.165, 1.54) is 11.8 Å². The summed E-state index contributed by atoms with van der Waals surface area (Å²) >= 11 is 1.69. The maximum Gasteiger partial charge on any atom is 0.245 e. The highest BCUT2D eigenvalue weighted by atomic mass is 32.1. The summed E-state index contributed by atoms with van der Waals surface area (Å²) in [5, 5.41) is 4.69. The summed E-state index contributed by atoms with van der Waals surface area (Å²) in [4.78, 5) is 26.4. The molecular formula is C13H18N2O2S. The quantitative estimate of drug-likeness (QED) is 0.909. The number of hydrogen-bond donors (Lipinski definition) is 1. The topological polar surface area (TPSA) is 49.4 Å². The highest BCUT2D eigenvalue weighted by Crippen LogP contribution is 2.34. The van der Waals surface area contributed by atoms with Gasteiger partial charge in [-0.2, -0.15) is 0 Å². The van der Waals surface area contributed by atoms with Crippen LogP contribution in [0.2, 0.25) is 0 Å². The Morgan fingerprint density at radius 2 is 2.33 bits per heavy atom. The molecule has 0 radical (unpaired) electrons. The van der Waals surface area contributed by atoms with Crippen molar-refractivity contribution in [2.75, 3.05) is 6.54 Å². The molecule has 1 aromatic heterocycles. The fourth-order valence-electron chi connectivity index (χ4n) is 2.42. The maximum absolute atomic E-state index is 12.3. The van der Waals surface area contributed by atoms with Crippen molar-refractivity contribution < 1.29 is 9.59 Å². The van der Waals surface area contributed by atoms with Crippen molar-refractivity contribution in [3.63, 3.8) is 0 Å². The van der Waals surface area contributed by atoms with Crippen molar-refractivity contribution >= 4 is 23.2 Å². The van der Waals surface area contributed by atoms with Gasteiger partial charge in [0.05, 0.1) is 6.04 Å². The summed E-state index contributed by atoms with van der Waals surface area (Å²) in [6.45, 7) is 3.96. The number of hydrogen-bond acceptors (Lipinski definition) is 3. The molecule has 1 N–H and O–H groups in total. The summed E-state index contributed by atoms with van der Waals surface area (Å²) in [5.41, 5.74) is 0. The van der Waals surface area contributed by atoms with E-state index in [2.05, 4.69) is 11.4 Å². The molecule has 0 aliphatic carbocycles. The Balaban J connectivity index is 2.07. The van der Waals surface area contributed by atoms with E-state index in [-0.39, 0.29) is 17.9 Å². The molecule has 0 saturated carbocycles. The van der Waals surface area contributed by atoms with Crippen LogP contribution in [0.4, 0.5) is 0 Å². The van der Waals surface area contributed by atoms with Crippen molar-refractivity contribution in [1.82, 2.24) is 10.2 Å². The SMILES string of the molecule is CC(=O)NC(C)C(=O)N1CCCC1c1cccs1. The summed E-state index contributed by atoms with van der Waals surface area (Å²) in [5.74, 6) is -0.149. The summed E-state index contributed by atoms with van der Waals surface area (Å²) in [6.07, 6.45) is 2.04. The molecule has 98 valence electrons. The normalized spacial score (nSPS) is 20.8.